The summed E-state index contributed by atoms with van der Waals surface area (Å²) in [5.74, 6) is -2.42. The first-order chi connectivity index (χ1) is 14.4. The number of alkyl halides is 3. The Morgan fingerprint density at radius 1 is 1.16 bits per heavy atom. The molecule has 2 unspecified atom stereocenters. The highest BCUT2D eigenvalue weighted by atomic mass is 35.5. The normalized spacial score (nSPS) is 14.4. The largest absolute Gasteiger partial charge is 0.481 e. The zero-order valence-electron chi connectivity index (χ0n) is 16.1. The van der Waals surface area contributed by atoms with Crippen molar-refractivity contribution < 1.29 is 31.5 Å². The fourth-order valence-electron chi connectivity index (χ4n) is 3.30. The molecular weight excluding hydrogens is 455 g/mol. The van der Waals surface area contributed by atoms with Gasteiger partial charge in [0.25, 0.3) is 0 Å². The van der Waals surface area contributed by atoms with Crippen molar-refractivity contribution in [2.24, 2.45) is 0 Å². The Kier molecular flexibility index (Phi) is 5.94. The van der Waals surface area contributed by atoms with E-state index in [9.17, 15) is 31.5 Å². The number of halogens is 4. The zero-order valence-corrected chi connectivity index (χ0v) is 17.7. The summed E-state index contributed by atoms with van der Waals surface area (Å²) in [6, 6.07) is 9.54. The SMILES string of the molecule is C=CC(c1ccc(C(F)(F)F)cc1)S(=O)(=O)n1c(C(C)C(=O)O)cc2cc(Cl)ccc21. The predicted molar refractivity (Wildman–Crippen MR) is 112 cm³/mol. The molecule has 3 aromatic rings. The van der Waals surface area contributed by atoms with Crippen LogP contribution in [0.1, 0.15) is 34.9 Å². The standard InChI is InChI=1S/C21H17ClF3NO4S/c1-3-19(13-4-6-15(7-5-13)21(23,24)25)31(29,30)26-17-9-8-16(22)10-14(17)11-18(26)12(2)20(27)28/h3-12,19H,1H2,2H3,(H,27,28). The summed E-state index contributed by atoms with van der Waals surface area (Å²) in [6.07, 6.45) is -3.48. The van der Waals surface area contributed by atoms with Gasteiger partial charge in [-0.2, -0.15) is 13.2 Å². The molecule has 2 atom stereocenters. The van der Waals surface area contributed by atoms with Crippen LogP contribution in [0.2, 0.25) is 5.02 Å². The van der Waals surface area contributed by atoms with Gasteiger partial charge in [0.05, 0.1) is 17.0 Å². The molecule has 0 bridgehead atoms. The molecule has 0 aliphatic carbocycles. The second-order valence-corrected chi connectivity index (χ2v) is 9.26. The van der Waals surface area contributed by atoms with Crippen molar-refractivity contribution in [1.82, 2.24) is 3.97 Å². The van der Waals surface area contributed by atoms with Gasteiger partial charge in [-0.1, -0.05) is 29.8 Å². The van der Waals surface area contributed by atoms with E-state index in [2.05, 4.69) is 6.58 Å². The molecule has 3 rings (SSSR count). The highest BCUT2D eigenvalue weighted by molar-refractivity contribution is 7.90. The van der Waals surface area contributed by atoms with Crippen LogP contribution in [0.3, 0.4) is 0 Å². The smallest absolute Gasteiger partial charge is 0.416 e. The highest BCUT2D eigenvalue weighted by Crippen LogP contribution is 2.36. The number of carboxylic acids is 1. The number of carboxylic acid groups (broad SMARTS) is 1. The van der Waals surface area contributed by atoms with Crippen LogP contribution in [0, 0.1) is 0 Å². The minimum atomic E-state index is -4.57. The molecule has 0 aliphatic rings. The number of aliphatic carboxylic acids is 1. The number of nitrogens with zero attached hydrogens (tertiary/aromatic N) is 1. The second kappa shape index (κ2) is 8.05. The highest BCUT2D eigenvalue weighted by Gasteiger charge is 2.34. The van der Waals surface area contributed by atoms with Crippen LogP contribution in [-0.2, 0) is 21.0 Å². The quantitative estimate of drug-likeness (QED) is 0.474. The van der Waals surface area contributed by atoms with Crippen LogP contribution in [-0.4, -0.2) is 23.5 Å². The molecule has 1 N–H and O–H groups in total. The number of hydrogen-bond donors (Lipinski definition) is 1. The summed E-state index contributed by atoms with van der Waals surface area (Å²) in [5, 5.41) is 8.79. The van der Waals surface area contributed by atoms with Crippen LogP contribution in [0.15, 0.2) is 61.2 Å². The van der Waals surface area contributed by atoms with Gasteiger partial charge >= 0.3 is 12.1 Å². The van der Waals surface area contributed by atoms with E-state index in [0.717, 1.165) is 34.3 Å². The average Bonchev–Trinajstić information content (AvgIpc) is 3.06. The van der Waals surface area contributed by atoms with Crippen LogP contribution in [0.5, 0.6) is 0 Å². The molecular formula is C21H17ClF3NO4S. The van der Waals surface area contributed by atoms with E-state index in [1.54, 1.807) is 0 Å². The third kappa shape index (κ3) is 4.20. The molecule has 0 amide bonds. The van der Waals surface area contributed by atoms with Crippen LogP contribution < -0.4 is 0 Å². The molecule has 1 aromatic heterocycles. The van der Waals surface area contributed by atoms with Crippen molar-refractivity contribution in [2.75, 3.05) is 0 Å². The number of carbonyl (C=O) groups is 1. The monoisotopic (exact) mass is 471 g/mol. The van der Waals surface area contributed by atoms with Gasteiger partial charge in [-0.3, -0.25) is 4.79 Å². The van der Waals surface area contributed by atoms with Gasteiger partial charge in [0.2, 0.25) is 10.0 Å². The van der Waals surface area contributed by atoms with Crippen LogP contribution >= 0.6 is 11.6 Å². The lowest BCUT2D eigenvalue weighted by atomic mass is 10.1. The van der Waals surface area contributed by atoms with Crippen LogP contribution in [0.25, 0.3) is 10.9 Å². The molecule has 31 heavy (non-hydrogen) atoms. The maximum absolute atomic E-state index is 13.6. The van der Waals surface area contributed by atoms with E-state index in [1.807, 2.05) is 0 Å². The summed E-state index contributed by atoms with van der Waals surface area (Å²) >= 11 is 5.99. The Bertz CT molecular complexity index is 1260. The minimum absolute atomic E-state index is 0.0106. The van der Waals surface area contributed by atoms with Gasteiger partial charge in [0, 0.05) is 16.1 Å². The number of hydrogen-bond acceptors (Lipinski definition) is 3. The van der Waals surface area contributed by atoms with E-state index < -0.39 is 38.9 Å². The molecule has 1 heterocycles. The van der Waals surface area contributed by atoms with Gasteiger partial charge < -0.3 is 5.11 Å². The minimum Gasteiger partial charge on any atom is -0.481 e. The maximum atomic E-state index is 13.6. The first kappa shape index (κ1) is 22.9. The van der Waals surface area contributed by atoms with Crippen molar-refractivity contribution >= 4 is 38.5 Å². The average molecular weight is 472 g/mol. The fourth-order valence-corrected chi connectivity index (χ4v) is 5.40. The molecule has 0 saturated heterocycles. The Morgan fingerprint density at radius 2 is 1.77 bits per heavy atom. The predicted octanol–water partition coefficient (Wildman–Crippen LogP) is 5.61. The number of aromatic nitrogens is 1. The number of fused-ring (bicyclic) bond motifs is 1. The summed E-state index contributed by atoms with van der Waals surface area (Å²) in [7, 11) is -4.35. The number of rotatable bonds is 6. The van der Waals surface area contributed by atoms with Crippen molar-refractivity contribution in [3.63, 3.8) is 0 Å². The van der Waals surface area contributed by atoms with Gasteiger partial charge in [-0.05, 0) is 48.9 Å². The number of benzene rings is 2. The first-order valence-corrected chi connectivity index (χ1v) is 10.8. The fraction of sp³-hybridized carbons (Fsp3) is 0.190. The third-order valence-corrected chi connectivity index (χ3v) is 7.17. The molecule has 5 nitrogen and oxygen atoms in total. The lowest BCUT2D eigenvalue weighted by molar-refractivity contribution is -0.139. The van der Waals surface area contributed by atoms with E-state index in [4.69, 9.17) is 11.6 Å². The lowest BCUT2D eigenvalue weighted by Crippen LogP contribution is -2.24. The van der Waals surface area contributed by atoms with E-state index >= 15 is 0 Å². The summed E-state index contributed by atoms with van der Waals surface area (Å²) in [5.41, 5.74) is -0.666. The molecule has 2 aromatic carbocycles. The van der Waals surface area contributed by atoms with E-state index in [0.29, 0.717) is 10.4 Å². The van der Waals surface area contributed by atoms with Gasteiger partial charge in [-0.15, -0.1) is 6.58 Å². The molecule has 0 radical (unpaired) electrons. The summed E-state index contributed by atoms with van der Waals surface area (Å²) < 4.78 is 66.7. The molecule has 0 spiro atoms. The molecule has 0 saturated carbocycles. The zero-order chi connectivity index (χ0) is 23.1. The Labute approximate surface area is 181 Å². The lowest BCUT2D eigenvalue weighted by Gasteiger charge is -2.20. The summed E-state index contributed by atoms with van der Waals surface area (Å²) in [4.78, 5) is 11.6. The maximum Gasteiger partial charge on any atom is 0.416 e. The van der Waals surface area contributed by atoms with Crippen molar-refractivity contribution in [3.05, 3.63) is 83.0 Å². The van der Waals surface area contributed by atoms with Crippen molar-refractivity contribution in [2.45, 2.75) is 24.3 Å². The summed E-state index contributed by atoms with van der Waals surface area (Å²) in [6.45, 7) is 4.87. The van der Waals surface area contributed by atoms with Gasteiger partial charge in [-0.25, -0.2) is 12.4 Å². The first-order valence-electron chi connectivity index (χ1n) is 8.95. The topological polar surface area (TPSA) is 76.4 Å². The van der Waals surface area contributed by atoms with Crippen LogP contribution in [0.4, 0.5) is 13.2 Å². The Balaban J connectivity index is 2.23. The van der Waals surface area contributed by atoms with Gasteiger partial charge in [0.1, 0.15) is 5.25 Å². The second-order valence-electron chi connectivity index (χ2n) is 6.92. The molecule has 0 aliphatic heterocycles. The van der Waals surface area contributed by atoms with Crippen molar-refractivity contribution in [1.29, 1.82) is 0 Å². The van der Waals surface area contributed by atoms with Gasteiger partial charge in [0.15, 0.2) is 0 Å². The molecule has 164 valence electrons. The third-order valence-electron chi connectivity index (χ3n) is 4.92. The van der Waals surface area contributed by atoms with E-state index in [1.165, 1.54) is 31.2 Å². The van der Waals surface area contributed by atoms with E-state index in [-0.39, 0.29) is 16.8 Å². The molecule has 10 heteroatoms. The molecule has 0 fully saturated rings. The Hall–Kier alpha value is -2.78. The van der Waals surface area contributed by atoms with Crippen molar-refractivity contribution in [3.8, 4) is 0 Å². The Morgan fingerprint density at radius 3 is 2.29 bits per heavy atom.